The molecule has 2 aromatic carbocycles. The number of ketones is 1. The standard InChI is InChI=1S/C22H16N2O/c1-15-9-11-17(12-10-15)21(25)19-14-18-8-5-13-23-22(18)24-20(19)16-6-3-2-4-7-16/h2-14H,1H3. The molecule has 4 rings (SSSR count). The Hall–Kier alpha value is -3.33. The van der Waals surface area contributed by atoms with Crippen LogP contribution >= 0.6 is 0 Å². The van der Waals surface area contributed by atoms with Gasteiger partial charge in [-0.25, -0.2) is 9.97 Å². The molecular formula is C22H16N2O. The fourth-order valence-electron chi connectivity index (χ4n) is 2.86. The van der Waals surface area contributed by atoms with Crippen molar-refractivity contribution in [1.29, 1.82) is 0 Å². The van der Waals surface area contributed by atoms with Crippen LogP contribution in [0.15, 0.2) is 79.0 Å². The first-order valence-electron chi connectivity index (χ1n) is 8.15. The molecule has 3 heteroatoms. The molecule has 0 N–H and O–H groups in total. The zero-order valence-corrected chi connectivity index (χ0v) is 13.8. The molecule has 0 aliphatic heterocycles. The summed E-state index contributed by atoms with van der Waals surface area (Å²) >= 11 is 0. The minimum atomic E-state index is -0.0305. The molecular weight excluding hydrogens is 308 g/mol. The first kappa shape index (κ1) is 15.2. The lowest BCUT2D eigenvalue weighted by molar-refractivity contribution is 0.103. The third-order valence-corrected chi connectivity index (χ3v) is 4.20. The molecule has 3 nitrogen and oxygen atoms in total. The highest BCUT2D eigenvalue weighted by Gasteiger charge is 2.17. The molecule has 0 amide bonds. The van der Waals surface area contributed by atoms with E-state index in [9.17, 15) is 4.79 Å². The van der Waals surface area contributed by atoms with E-state index in [0.717, 1.165) is 16.5 Å². The predicted octanol–water partition coefficient (Wildman–Crippen LogP) is 4.84. The van der Waals surface area contributed by atoms with E-state index in [-0.39, 0.29) is 5.78 Å². The summed E-state index contributed by atoms with van der Waals surface area (Å²) in [6.07, 6.45) is 1.71. The number of hydrogen-bond acceptors (Lipinski definition) is 3. The van der Waals surface area contributed by atoms with Crippen molar-refractivity contribution in [3.63, 3.8) is 0 Å². The highest BCUT2D eigenvalue weighted by atomic mass is 16.1. The summed E-state index contributed by atoms with van der Waals surface area (Å²) in [6, 6.07) is 23.1. The summed E-state index contributed by atoms with van der Waals surface area (Å²) in [7, 11) is 0. The summed E-state index contributed by atoms with van der Waals surface area (Å²) < 4.78 is 0. The SMILES string of the molecule is Cc1ccc(C(=O)c2cc3cccnc3nc2-c2ccccc2)cc1. The van der Waals surface area contributed by atoms with E-state index >= 15 is 0 Å². The van der Waals surface area contributed by atoms with Gasteiger partial charge in [-0.3, -0.25) is 4.79 Å². The van der Waals surface area contributed by atoms with Gasteiger partial charge >= 0.3 is 0 Å². The summed E-state index contributed by atoms with van der Waals surface area (Å²) in [4.78, 5) is 22.1. The Morgan fingerprint density at radius 3 is 2.40 bits per heavy atom. The van der Waals surface area contributed by atoms with E-state index in [1.807, 2.05) is 79.7 Å². The number of aromatic nitrogens is 2. The van der Waals surface area contributed by atoms with Crippen LogP contribution in [0.5, 0.6) is 0 Å². The smallest absolute Gasteiger partial charge is 0.195 e. The lowest BCUT2D eigenvalue weighted by Gasteiger charge is -2.10. The van der Waals surface area contributed by atoms with Gasteiger partial charge in [0.05, 0.1) is 5.69 Å². The van der Waals surface area contributed by atoms with Gasteiger partial charge in [0.1, 0.15) is 0 Å². The van der Waals surface area contributed by atoms with Crippen LogP contribution in [0.4, 0.5) is 0 Å². The quantitative estimate of drug-likeness (QED) is 0.507. The second kappa shape index (κ2) is 6.29. The van der Waals surface area contributed by atoms with E-state index in [1.54, 1.807) is 6.20 Å². The topological polar surface area (TPSA) is 42.9 Å². The maximum Gasteiger partial charge on any atom is 0.195 e. The van der Waals surface area contributed by atoms with Gasteiger partial charge in [-0.05, 0) is 25.1 Å². The van der Waals surface area contributed by atoms with Crippen molar-refractivity contribution in [2.75, 3.05) is 0 Å². The third kappa shape index (κ3) is 2.92. The van der Waals surface area contributed by atoms with Crippen molar-refractivity contribution in [3.05, 3.63) is 95.7 Å². The van der Waals surface area contributed by atoms with Crippen molar-refractivity contribution in [1.82, 2.24) is 9.97 Å². The van der Waals surface area contributed by atoms with Gasteiger partial charge in [-0.2, -0.15) is 0 Å². The number of carbonyl (C=O) groups is 1. The average Bonchev–Trinajstić information content (AvgIpc) is 2.68. The maximum atomic E-state index is 13.1. The number of carbonyl (C=O) groups excluding carboxylic acids is 1. The van der Waals surface area contributed by atoms with Crippen molar-refractivity contribution in [2.45, 2.75) is 6.92 Å². The van der Waals surface area contributed by atoms with Crippen LogP contribution in [0, 0.1) is 6.92 Å². The van der Waals surface area contributed by atoms with Crippen molar-refractivity contribution < 1.29 is 4.79 Å². The van der Waals surface area contributed by atoms with E-state index in [2.05, 4.69) is 9.97 Å². The Morgan fingerprint density at radius 2 is 1.64 bits per heavy atom. The molecule has 0 spiro atoms. The fourth-order valence-corrected chi connectivity index (χ4v) is 2.86. The van der Waals surface area contributed by atoms with Crippen LogP contribution in [0.3, 0.4) is 0 Å². The van der Waals surface area contributed by atoms with Crippen LogP contribution in [-0.4, -0.2) is 15.8 Å². The number of rotatable bonds is 3. The van der Waals surface area contributed by atoms with Crippen LogP contribution in [-0.2, 0) is 0 Å². The number of hydrogen-bond donors (Lipinski definition) is 0. The third-order valence-electron chi connectivity index (χ3n) is 4.20. The summed E-state index contributed by atoms with van der Waals surface area (Å²) in [5, 5.41) is 0.859. The van der Waals surface area contributed by atoms with Gasteiger partial charge in [0, 0.05) is 28.3 Å². The molecule has 0 bridgehead atoms. The lowest BCUT2D eigenvalue weighted by Crippen LogP contribution is -2.06. The lowest BCUT2D eigenvalue weighted by atomic mass is 9.96. The fraction of sp³-hybridized carbons (Fsp3) is 0.0455. The molecule has 0 saturated carbocycles. The Labute approximate surface area is 146 Å². The molecule has 2 aromatic heterocycles. The molecule has 0 radical (unpaired) electrons. The molecule has 0 unspecified atom stereocenters. The Balaban J connectivity index is 1.94. The Morgan fingerprint density at radius 1 is 0.880 bits per heavy atom. The molecule has 0 saturated heterocycles. The molecule has 2 heterocycles. The predicted molar refractivity (Wildman–Crippen MR) is 99.6 cm³/mol. The van der Waals surface area contributed by atoms with Crippen molar-refractivity contribution in [2.24, 2.45) is 0 Å². The van der Waals surface area contributed by atoms with Gasteiger partial charge in [-0.1, -0.05) is 60.2 Å². The van der Waals surface area contributed by atoms with Gasteiger partial charge in [0.15, 0.2) is 11.4 Å². The van der Waals surface area contributed by atoms with Gasteiger partial charge in [-0.15, -0.1) is 0 Å². The van der Waals surface area contributed by atoms with Crippen LogP contribution in [0.25, 0.3) is 22.3 Å². The van der Waals surface area contributed by atoms with Crippen LogP contribution in [0.2, 0.25) is 0 Å². The maximum absolute atomic E-state index is 13.1. The molecule has 25 heavy (non-hydrogen) atoms. The molecule has 0 atom stereocenters. The highest BCUT2D eigenvalue weighted by molar-refractivity contribution is 6.13. The van der Waals surface area contributed by atoms with E-state index < -0.39 is 0 Å². The zero-order chi connectivity index (χ0) is 17.2. The minimum Gasteiger partial charge on any atom is -0.289 e. The average molecular weight is 324 g/mol. The second-order valence-electron chi connectivity index (χ2n) is 6.00. The largest absolute Gasteiger partial charge is 0.289 e. The normalized spacial score (nSPS) is 10.8. The molecule has 0 aliphatic carbocycles. The number of benzene rings is 2. The number of pyridine rings is 2. The minimum absolute atomic E-state index is 0.0305. The highest BCUT2D eigenvalue weighted by Crippen LogP contribution is 2.27. The van der Waals surface area contributed by atoms with E-state index in [4.69, 9.17) is 0 Å². The second-order valence-corrected chi connectivity index (χ2v) is 6.00. The Bertz CT molecular complexity index is 1050. The molecule has 0 fully saturated rings. The van der Waals surface area contributed by atoms with E-state index in [1.165, 1.54) is 0 Å². The molecule has 0 aliphatic rings. The van der Waals surface area contributed by atoms with Crippen molar-refractivity contribution >= 4 is 16.8 Å². The summed E-state index contributed by atoms with van der Waals surface area (Å²) in [5.74, 6) is -0.0305. The number of nitrogens with zero attached hydrogens (tertiary/aromatic N) is 2. The molecule has 4 aromatic rings. The summed E-state index contributed by atoms with van der Waals surface area (Å²) in [5.41, 5.74) is 4.59. The van der Waals surface area contributed by atoms with Crippen LogP contribution < -0.4 is 0 Å². The monoisotopic (exact) mass is 324 g/mol. The number of aryl methyl sites for hydroxylation is 1. The van der Waals surface area contributed by atoms with Gasteiger partial charge in [0.2, 0.25) is 0 Å². The first-order valence-corrected chi connectivity index (χ1v) is 8.15. The zero-order valence-electron chi connectivity index (χ0n) is 13.8. The van der Waals surface area contributed by atoms with Crippen molar-refractivity contribution in [3.8, 4) is 11.3 Å². The molecule has 120 valence electrons. The summed E-state index contributed by atoms with van der Waals surface area (Å²) in [6.45, 7) is 2.01. The van der Waals surface area contributed by atoms with E-state index in [0.29, 0.717) is 22.5 Å². The number of fused-ring (bicyclic) bond motifs is 1. The van der Waals surface area contributed by atoms with Gasteiger partial charge in [0.25, 0.3) is 0 Å². The van der Waals surface area contributed by atoms with Gasteiger partial charge < -0.3 is 0 Å². The van der Waals surface area contributed by atoms with Crippen LogP contribution in [0.1, 0.15) is 21.5 Å². The first-order chi connectivity index (χ1) is 12.2. The Kier molecular flexibility index (Phi) is 3.82.